The lowest BCUT2D eigenvalue weighted by Gasteiger charge is -2.00. The van der Waals surface area contributed by atoms with Gasteiger partial charge in [-0.1, -0.05) is 24.3 Å². The van der Waals surface area contributed by atoms with Gasteiger partial charge in [0.1, 0.15) is 11.5 Å². The van der Waals surface area contributed by atoms with E-state index in [-0.39, 0.29) is 17.3 Å². The van der Waals surface area contributed by atoms with Crippen molar-refractivity contribution in [3.63, 3.8) is 0 Å². The highest BCUT2D eigenvalue weighted by molar-refractivity contribution is 6.06. The summed E-state index contributed by atoms with van der Waals surface area (Å²) >= 11 is 0. The Balaban J connectivity index is 1.93. The molecule has 0 fully saturated rings. The molecule has 0 bridgehead atoms. The van der Waals surface area contributed by atoms with E-state index in [0.29, 0.717) is 11.1 Å². The minimum absolute atomic E-state index is 0.0173. The van der Waals surface area contributed by atoms with Crippen LogP contribution in [0.1, 0.15) is 16.2 Å². The predicted octanol–water partition coefficient (Wildman–Crippen LogP) is 3.05. The molecule has 5 nitrogen and oxygen atoms in total. The number of ketones is 1. The number of nitrogens with zero attached hydrogens (tertiary/aromatic N) is 1. The lowest BCUT2D eigenvalue weighted by Crippen LogP contribution is -1.99. The Morgan fingerprint density at radius 3 is 2.71 bits per heavy atom. The first-order chi connectivity index (χ1) is 10.1. The van der Waals surface area contributed by atoms with E-state index in [1.165, 1.54) is 12.1 Å². The number of phenolic OH excluding ortho intramolecular Hbond substituents is 1. The van der Waals surface area contributed by atoms with Crippen molar-refractivity contribution in [2.75, 3.05) is 0 Å². The molecule has 1 heterocycles. The lowest BCUT2D eigenvalue weighted by molar-refractivity contribution is 0.103. The average Bonchev–Trinajstić information content (AvgIpc) is 2.91. The molecule has 3 aromatic rings. The summed E-state index contributed by atoms with van der Waals surface area (Å²) in [4.78, 5) is 19.2. The predicted molar refractivity (Wildman–Crippen MR) is 79.1 cm³/mol. The minimum atomic E-state index is -0.438. The summed E-state index contributed by atoms with van der Waals surface area (Å²) in [6.45, 7) is 0. The number of rotatable bonds is 3. The molecule has 0 aliphatic rings. The second kappa shape index (κ2) is 5.13. The van der Waals surface area contributed by atoms with Crippen LogP contribution in [0.2, 0.25) is 0 Å². The van der Waals surface area contributed by atoms with E-state index in [9.17, 15) is 15.0 Å². The van der Waals surface area contributed by atoms with Crippen molar-refractivity contribution in [2.24, 2.45) is 0 Å². The number of phenols is 1. The molecular formula is C16H12N2O3. The van der Waals surface area contributed by atoms with Gasteiger partial charge in [0.15, 0.2) is 5.82 Å². The fraction of sp³-hybridized carbons (Fsp3) is 0. The normalized spacial score (nSPS) is 11.7. The monoisotopic (exact) mass is 280 g/mol. The van der Waals surface area contributed by atoms with Gasteiger partial charge in [-0.15, -0.1) is 0 Å². The maximum absolute atomic E-state index is 12.1. The Hall–Kier alpha value is -3.08. The molecule has 0 radical (unpaired) electrons. The van der Waals surface area contributed by atoms with Gasteiger partial charge in [0, 0.05) is 11.6 Å². The number of fused-ring (bicyclic) bond motifs is 1. The van der Waals surface area contributed by atoms with Crippen LogP contribution in [0.4, 0.5) is 0 Å². The van der Waals surface area contributed by atoms with Gasteiger partial charge in [0.05, 0.1) is 11.0 Å². The fourth-order valence-corrected chi connectivity index (χ4v) is 2.01. The quantitative estimate of drug-likeness (QED) is 0.391. The van der Waals surface area contributed by atoms with E-state index in [1.54, 1.807) is 18.2 Å². The van der Waals surface area contributed by atoms with Crippen LogP contribution in [0.15, 0.2) is 54.6 Å². The second-order valence-electron chi connectivity index (χ2n) is 4.55. The Bertz CT molecular complexity index is 816. The molecule has 1 aromatic heterocycles. The highest BCUT2D eigenvalue weighted by Crippen LogP contribution is 2.18. The van der Waals surface area contributed by atoms with Crippen LogP contribution < -0.4 is 0 Å². The summed E-state index contributed by atoms with van der Waals surface area (Å²) in [6, 6.07) is 13.3. The summed E-state index contributed by atoms with van der Waals surface area (Å²) in [7, 11) is 0. The number of hydrogen-bond acceptors (Lipinski definition) is 4. The third-order valence-corrected chi connectivity index (χ3v) is 3.03. The highest BCUT2D eigenvalue weighted by atomic mass is 16.3. The number of para-hydroxylation sites is 2. The molecule has 0 spiro atoms. The van der Waals surface area contributed by atoms with Crippen molar-refractivity contribution < 1.29 is 15.0 Å². The number of carbonyl (C=O) groups excluding carboxylic acids is 1. The maximum atomic E-state index is 12.1. The van der Waals surface area contributed by atoms with Gasteiger partial charge in [-0.25, -0.2) is 4.98 Å². The number of H-pyrrole nitrogens is 1. The van der Waals surface area contributed by atoms with Gasteiger partial charge in [0.25, 0.3) is 0 Å². The maximum Gasteiger partial charge on any atom is 0.224 e. The van der Waals surface area contributed by atoms with Crippen LogP contribution in [0.5, 0.6) is 5.75 Å². The smallest absolute Gasteiger partial charge is 0.224 e. The number of nitrogens with one attached hydrogen (secondary N) is 1. The first kappa shape index (κ1) is 12.9. The molecule has 0 saturated carbocycles. The van der Waals surface area contributed by atoms with Crippen LogP contribution in [-0.2, 0) is 0 Å². The van der Waals surface area contributed by atoms with Crippen LogP contribution in [0, 0.1) is 0 Å². The van der Waals surface area contributed by atoms with Crippen molar-refractivity contribution in [2.45, 2.75) is 0 Å². The molecule has 3 N–H and O–H groups in total. The van der Waals surface area contributed by atoms with E-state index < -0.39 is 5.78 Å². The average molecular weight is 280 g/mol. The fourth-order valence-electron chi connectivity index (χ4n) is 2.01. The molecule has 21 heavy (non-hydrogen) atoms. The van der Waals surface area contributed by atoms with Gasteiger partial charge in [0.2, 0.25) is 5.78 Å². The zero-order valence-electron chi connectivity index (χ0n) is 10.9. The summed E-state index contributed by atoms with van der Waals surface area (Å²) in [6.07, 6.45) is 1.08. The molecule has 0 unspecified atom stereocenters. The Morgan fingerprint density at radius 1 is 1.14 bits per heavy atom. The zero-order valence-corrected chi connectivity index (χ0v) is 10.9. The topological polar surface area (TPSA) is 86.2 Å². The first-order valence-corrected chi connectivity index (χ1v) is 6.32. The molecule has 0 saturated heterocycles. The third-order valence-electron chi connectivity index (χ3n) is 3.03. The lowest BCUT2D eigenvalue weighted by atomic mass is 10.1. The molecule has 0 aliphatic heterocycles. The molecule has 0 amide bonds. The molecule has 3 rings (SSSR count). The highest BCUT2D eigenvalue weighted by Gasteiger charge is 2.11. The number of hydrogen-bond donors (Lipinski definition) is 3. The third kappa shape index (κ3) is 2.62. The second-order valence-corrected chi connectivity index (χ2v) is 4.55. The molecular weight excluding hydrogens is 268 g/mol. The Kier molecular flexibility index (Phi) is 3.16. The Morgan fingerprint density at radius 2 is 1.95 bits per heavy atom. The van der Waals surface area contributed by atoms with Crippen molar-refractivity contribution in [1.29, 1.82) is 0 Å². The number of aromatic nitrogens is 2. The number of aliphatic hydroxyl groups is 1. The standard InChI is InChI=1S/C16H12N2O3/c19-11-5-3-4-10(8-11)14(20)9-15(21)16-17-12-6-1-2-7-13(12)18-16/h1-9,19-20H,(H,17,18)/b14-9-. The van der Waals surface area contributed by atoms with Gasteiger partial charge >= 0.3 is 0 Å². The summed E-state index contributed by atoms with van der Waals surface area (Å²) in [5.74, 6) is -0.491. The van der Waals surface area contributed by atoms with Crippen molar-refractivity contribution in [3.8, 4) is 5.75 Å². The molecule has 0 aliphatic carbocycles. The van der Waals surface area contributed by atoms with Crippen LogP contribution in [0.25, 0.3) is 16.8 Å². The largest absolute Gasteiger partial charge is 0.508 e. The summed E-state index contributed by atoms with van der Waals surface area (Å²) in [5.41, 5.74) is 1.80. The minimum Gasteiger partial charge on any atom is -0.508 e. The van der Waals surface area contributed by atoms with Gasteiger partial charge in [-0.2, -0.15) is 0 Å². The summed E-state index contributed by atoms with van der Waals surface area (Å²) < 4.78 is 0. The number of aliphatic hydroxyl groups excluding tert-OH is 1. The first-order valence-electron chi connectivity index (χ1n) is 6.32. The number of benzene rings is 2. The zero-order chi connectivity index (χ0) is 14.8. The SMILES string of the molecule is O=C(/C=C(\O)c1cccc(O)c1)c1nc2ccccc2[nH]1. The van der Waals surface area contributed by atoms with Crippen molar-refractivity contribution in [1.82, 2.24) is 9.97 Å². The Labute approximate surface area is 120 Å². The van der Waals surface area contributed by atoms with Crippen molar-refractivity contribution in [3.05, 3.63) is 66.0 Å². The van der Waals surface area contributed by atoms with E-state index in [0.717, 1.165) is 11.6 Å². The van der Waals surface area contributed by atoms with Gasteiger partial charge < -0.3 is 15.2 Å². The van der Waals surface area contributed by atoms with E-state index in [1.807, 2.05) is 18.2 Å². The number of aromatic hydroxyl groups is 1. The molecule has 5 heteroatoms. The van der Waals surface area contributed by atoms with E-state index >= 15 is 0 Å². The summed E-state index contributed by atoms with van der Waals surface area (Å²) in [5, 5.41) is 19.3. The van der Waals surface area contributed by atoms with Crippen LogP contribution >= 0.6 is 0 Å². The number of imidazole rings is 1. The number of carbonyl (C=O) groups is 1. The molecule has 0 atom stereocenters. The number of aromatic amines is 1. The number of allylic oxidation sites excluding steroid dienone is 1. The van der Waals surface area contributed by atoms with Gasteiger partial charge in [-0.05, 0) is 24.3 Å². The van der Waals surface area contributed by atoms with Crippen molar-refractivity contribution >= 4 is 22.6 Å². The van der Waals surface area contributed by atoms with E-state index in [4.69, 9.17) is 0 Å². The molecule has 104 valence electrons. The van der Waals surface area contributed by atoms with Crippen LogP contribution in [0.3, 0.4) is 0 Å². The van der Waals surface area contributed by atoms with Crippen LogP contribution in [-0.4, -0.2) is 26.0 Å². The molecule has 2 aromatic carbocycles. The van der Waals surface area contributed by atoms with Gasteiger partial charge in [-0.3, -0.25) is 4.79 Å². The van der Waals surface area contributed by atoms with E-state index in [2.05, 4.69) is 9.97 Å².